The van der Waals surface area contributed by atoms with Crippen molar-refractivity contribution in [3.8, 4) is 0 Å². The van der Waals surface area contributed by atoms with Crippen molar-refractivity contribution in [3.63, 3.8) is 0 Å². The lowest BCUT2D eigenvalue weighted by atomic mass is 10.2. The largest absolute Gasteiger partial charge is 0.454 e. The maximum Gasteiger partial charge on any atom is 0.284 e. The molecule has 0 aliphatic carbocycles. The van der Waals surface area contributed by atoms with Gasteiger partial charge in [-0.2, -0.15) is 0 Å². The molecule has 10 heteroatoms. The van der Waals surface area contributed by atoms with Gasteiger partial charge in [0.05, 0.1) is 19.3 Å². The first kappa shape index (κ1) is 24.6. The zero-order chi connectivity index (χ0) is 20.6. The summed E-state index contributed by atoms with van der Waals surface area (Å²) in [7, 11) is 0. The predicted octanol–water partition coefficient (Wildman–Crippen LogP) is 2.50. The third-order valence-electron chi connectivity index (χ3n) is 4.68. The van der Waals surface area contributed by atoms with Crippen molar-refractivity contribution in [2.24, 2.45) is 10.7 Å². The minimum atomic E-state index is -0.579. The number of guanidine groups is 1. The van der Waals surface area contributed by atoms with Crippen LogP contribution in [0, 0.1) is 6.92 Å². The van der Waals surface area contributed by atoms with E-state index in [1.165, 1.54) is 9.75 Å². The first-order valence-corrected chi connectivity index (χ1v) is 10.7. The second-order valence-electron chi connectivity index (χ2n) is 6.82. The number of halogens is 1. The Labute approximate surface area is 198 Å². The highest BCUT2D eigenvalue weighted by Gasteiger charge is 2.24. The van der Waals surface area contributed by atoms with Crippen LogP contribution in [-0.2, 0) is 11.3 Å². The summed E-state index contributed by atoms with van der Waals surface area (Å²) in [6.07, 6.45) is 0. The van der Waals surface area contributed by atoms with E-state index in [0.29, 0.717) is 18.3 Å². The van der Waals surface area contributed by atoms with Crippen molar-refractivity contribution in [2.75, 3.05) is 39.4 Å². The van der Waals surface area contributed by atoms with E-state index >= 15 is 0 Å². The molecular formula is C20H30IN5O3S. The van der Waals surface area contributed by atoms with Gasteiger partial charge in [0.2, 0.25) is 0 Å². The molecule has 0 bridgehead atoms. The van der Waals surface area contributed by atoms with Gasteiger partial charge in [0.1, 0.15) is 12.3 Å². The minimum absolute atomic E-state index is 0. The standard InChI is InChI=1S/C20H29N5O3S.HI/c1-3-22-20(23-12-15-5-6-17(28-15)19(21)26)24-13-16(18-7-4-14(2)29-18)25-8-10-27-11-9-25;/h4-7,16H,3,8-13H2,1-2H3,(H2,21,26)(H2,22,23,24);1H. The molecule has 1 saturated heterocycles. The number of furan rings is 1. The Morgan fingerprint density at radius 1 is 1.27 bits per heavy atom. The molecule has 0 spiro atoms. The summed E-state index contributed by atoms with van der Waals surface area (Å²) in [6.45, 7) is 9.31. The van der Waals surface area contributed by atoms with Gasteiger partial charge in [0.25, 0.3) is 5.91 Å². The van der Waals surface area contributed by atoms with Crippen LogP contribution in [0.15, 0.2) is 33.7 Å². The predicted molar refractivity (Wildman–Crippen MR) is 130 cm³/mol. The summed E-state index contributed by atoms with van der Waals surface area (Å²) >= 11 is 1.83. The fourth-order valence-corrected chi connectivity index (χ4v) is 4.23. The molecule has 1 amide bonds. The number of rotatable bonds is 8. The van der Waals surface area contributed by atoms with Crippen LogP contribution in [0.4, 0.5) is 0 Å². The minimum Gasteiger partial charge on any atom is -0.454 e. The number of nitrogens with zero attached hydrogens (tertiary/aromatic N) is 2. The van der Waals surface area contributed by atoms with Crippen LogP contribution in [-0.4, -0.2) is 56.2 Å². The Balaban J connectivity index is 0.00000320. The van der Waals surface area contributed by atoms with Crippen LogP contribution in [0.3, 0.4) is 0 Å². The number of hydrogen-bond donors (Lipinski definition) is 3. The van der Waals surface area contributed by atoms with Crippen molar-refractivity contribution >= 4 is 47.2 Å². The van der Waals surface area contributed by atoms with Gasteiger partial charge in [0.15, 0.2) is 11.7 Å². The van der Waals surface area contributed by atoms with Gasteiger partial charge in [-0.15, -0.1) is 35.3 Å². The van der Waals surface area contributed by atoms with Crippen molar-refractivity contribution in [1.29, 1.82) is 0 Å². The Bertz CT molecular complexity index is 832. The summed E-state index contributed by atoms with van der Waals surface area (Å²) in [5, 5.41) is 6.72. The number of aliphatic imine (C=N–C) groups is 1. The maximum atomic E-state index is 11.2. The van der Waals surface area contributed by atoms with E-state index < -0.39 is 5.91 Å². The van der Waals surface area contributed by atoms with Gasteiger partial charge in [-0.05, 0) is 38.1 Å². The molecule has 1 fully saturated rings. The highest BCUT2D eigenvalue weighted by molar-refractivity contribution is 14.0. The van der Waals surface area contributed by atoms with Crippen LogP contribution in [0.5, 0.6) is 0 Å². The molecule has 8 nitrogen and oxygen atoms in total. The highest BCUT2D eigenvalue weighted by Crippen LogP contribution is 2.27. The number of morpholine rings is 1. The summed E-state index contributed by atoms with van der Waals surface area (Å²) < 4.78 is 10.9. The van der Waals surface area contributed by atoms with E-state index in [9.17, 15) is 4.79 Å². The molecule has 3 heterocycles. The zero-order valence-electron chi connectivity index (χ0n) is 17.3. The number of carbonyl (C=O) groups excluding carboxylic acids is 1. The lowest BCUT2D eigenvalue weighted by molar-refractivity contribution is 0.0177. The Kier molecular flexibility index (Phi) is 10.1. The third-order valence-corrected chi connectivity index (χ3v) is 5.78. The molecule has 1 aliphatic heterocycles. The van der Waals surface area contributed by atoms with Crippen molar-refractivity contribution in [1.82, 2.24) is 15.5 Å². The molecule has 2 aromatic rings. The quantitative estimate of drug-likeness (QED) is 0.267. The van der Waals surface area contributed by atoms with Gasteiger partial charge in [-0.25, -0.2) is 4.99 Å². The van der Waals surface area contributed by atoms with Gasteiger partial charge < -0.3 is 25.5 Å². The van der Waals surface area contributed by atoms with Gasteiger partial charge in [-0.1, -0.05) is 0 Å². The van der Waals surface area contributed by atoms with Crippen molar-refractivity contribution < 1.29 is 13.9 Å². The molecule has 166 valence electrons. The normalized spacial score (nSPS) is 16.0. The number of hydrogen-bond acceptors (Lipinski definition) is 6. The van der Waals surface area contributed by atoms with Crippen molar-refractivity contribution in [3.05, 3.63) is 45.5 Å². The molecule has 0 radical (unpaired) electrons. The number of amides is 1. The summed E-state index contributed by atoms with van der Waals surface area (Å²) in [4.78, 5) is 20.9. The number of aryl methyl sites for hydroxylation is 1. The lowest BCUT2D eigenvalue weighted by Crippen LogP contribution is -2.46. The Morgan fingerprint density at radius 2 is 2.03 bits per heavy atom. The summed E-state index contributed by atoms with van der Waals surface area (Å²) in [6, 6.07) is 7.92. The molecule has 0 saturated carbocycles. The molecule has 30 heavy (non-hydrogen) atoms. The second-order valence-corrected chi connectivity index (χ2v) is 8.14. The number of ether oxygens (including phenoxy) is 1. The van der Waals surface area contributed by atoms with Crippen LogP contribution in [0.1, 0.15) is 39.0 Å². The van der Waals surface area contributed by atoms with E-state index in [1.807, 2.05) is 18.3 Å². The number of carbonyl (C=O) groups is 1. The van der Waals surface area contributed by atoms with E-state index in [2.05, 4.69) is 39.6 Å². The van der Waals surface area contributed by atoms with Crippen LogP contribution >= 0.6 is 35.3 Å². The first-order valence-electron chi connectivity index (χ1n) is 9.85. The monoisotopic (exact) mass is 547 g/mol. The second kappa shape index (κ2) is 12.3. The topological polar surface area (TPSA) is 105 Å². The number of thiophene rings is 1. The molecule has 2 aromatic heterocycles. The highest BCUT2D eigenvalue weighted by atomic mass is 127. The lowest BCUT2D eigenvalue weighted by Gasteiger charge is -2.34. The zero-order valence-corrected chi connectivity index (χ0v) is 20.5. The van der Waals surface area contributed by atoms with Crippen LogP contribution < -0.4 is 16.4 Å². The Hall–Kier alpha value is -1.63. The van der Waals surface area contributed by atoms with E-state index in [4.69, 9.17) is 14.9 Å². The maximum absolute atomic E-state index is 11.2. The third kappa shape index (κ3) is 6.96. The molecule has 1 aliphatic rings. The number of nitrogens with two attached hydrogens (primary N) is 1. The molecule has 0 aromatic carbocycles. The molecule has 3 rings (SSSR count). The van der Waals surface area contributed by atoms with Gasteiger partial charge in [0, 0.05) is 35.9 Å². The van der Waals surface area contributed by atoms with E-state index in [0.717, 1.165) is 39.4 Å². The number of nitrogens with one attached hydrogen (secondary N) is 2. The Morgan fingerprint density at radius 3 is 2.63 bits per heavy atom. The summed E-state index contributed by atoms with van der Waals surface area (Å²) in [5.41, 5.74) is 5.23. The van der Waals surface area contributed by atoms with E-state index in [1.54, 1.807) is 12.1 Å². The fourth-order valence-electron chi connectivity index (χ4n) is 3.22. The number of primary amides is 1. The SMILES string of the molecule is CCNC(=NCc1ccc(C(N)=O)o1)NCC(c1ccc(C)s1)N1CCOCC1.I. The molecule has 1 unspecified atom stereocenters. The average Bonchev–Trinajstić information content (AvgIpc) is 3.36. The van der Waals surface area contributed by atoms with Crippen LogP contribution in [0.2, 0.25) is 0 Å². The van der Waals surface area contributed by atoms with Gasteiger partial charge in [-0.3, -0.25) is 9.69 Å². The van der Waals surface area contributed by atoms with E-state index in [-0.39, 0.29) is 35.8 Å². The molecule has 1 atom stereocenters. The van der Waals surface area contributed by atoms with Gasteiger partial charge >= 0.3 is 0 Å². The smallest absolute Gasteiger partial charge is 0.284 e. The molecule has 4 N–H and O–H groups in total. The fraction of sp³-hybridized carbons (Fsp3) is 0.500. The average molecular weight is 547 g/mol. The van der Waals surface area contributed by atoms with Crippen LogP contribution in [0.25, 0.3) is 0 Å². The summed E-state index contributed by atoms with van der Waals surface area (Å²) in [5.74, 6) is 0.865. The molecular weight excluding hydrogens is 517 g/mol. The van der Waals surface area contributed by atoms with Crippen molar-refractivity contribution in [2.45, 2.75) is 26.4 Å². The first-order chi connectivity index (χ1) is 14.1.